The van der Waals surface area contributed by atoms with E-state index in [2.05, 4.69) is 15.0 Å². The predicted octanol–water partition coefficient (Wildman–Crippen LogP) is 1.70. The Bertz CT molecular complexity index is 599. The molecule has 0 spiro atoms. The molecule has 2 aromatic rings. The van der Waals surface area contributed by atoms with E-state index in [1.54, 1.807) is 7.11 Å². The van der Waals surface area contributed by atoms with Crippen molar-refractivity contribution < 1.29 is 14.4 Å². The van der Waals surface area contributed by atoms with Crippen molar-refractivity contribution in [2.75, 3.05) is 20.3 Å². The first-order valence-electron chi connectivity index (χ1n) is 7.12. The van der Waals surface area contributed by atoms with Crippen LogP contribution in [0, 0.1) is 0 Å². The lowest BCUT2D eigenvalue weighted by molar-refractivity contribution is 0.141. The molecule has 3 rings (SSSR count). The first kappa shape index (κ1) is 14.0. The van der Waals surface area contributed by atoms with Crippen molar-refractivity contribution in [2.45, 2.75) is 25.4 Å². The zero-order chi connectivity index (χ0) is 14.7. The third kappa shape index (κ3) is 2.91. The van der Waals surface area contributed by atoms with Crippen LogP contribution >= 0.6 is 0 Å². The van der Waals surface area contributed by atoms with Crippen LogP contribution in [0.1, 0.15) is 18.7 Å². The molecule has 1 saturated heterocycles. The van der Waals surface area contributed by atoms with Crippen LogP contribution in [0.2, 0.25) is 0 Å². The maximum atomic E-state index is 9.34. The van der Waals surface area contributed by atoms with Gasteiger partial charge in [-0.15, -0.1) is 0 Å². The summed E-state index contributed by atoms with van der Waals surface area (Å²) in [5, 5.41) is 13.4. The number of rotatable bonds is 5. The van der Waals surface area contributed by atoms with Crippen molar-refractivity contribution in [3.05, 3.63) is 30.2 Å². The maximum Gasteiger partial charge on any atom is 0.241 e. The molecule has 1 fully saturated rings. The van der Waals surface area contributed by atoms with Crippen LogP contribution in [0.3, 0.4) is 0 Å². The molecule has 21 heavy (non-hydrogen) atoms. The summed E-state index contributed by atoms with van der Waals surface area (Å²) in [4.78, 5) is 6.62. The molecule has 6 heteroatoms. The van der Waals surface area contributed by atoms with Gasteiger partial charge in [-0.25, -0.2) is 0 Å². The molecular weight excluding hydrogens is 270 g/mol. The quantitative estimate of drug-likeness (QED) is 0.903. The Morgan fingerprint density at radius 2 is 2.29 bits per heavy atom. The van der Waals surface area contributed by atoms with Gasteiger partial charge in [-0.05, 0) is 31.5 Å². The molecule has 0 amide bonds. The molecule has 1 aliphatic rings. The normalized spacial score (nSPS) is 19.0. The van der Waals surface area contributed by atoms with Crippen LogP contribution < -0.4 is 4.74 Å². The van der Waals surface area contributed by atoms with Crippen LogP contribution in [-0.4, -0.2) is 46.5 Å². The Balaban J connectivity index is 1.77. The number of hydrogen-bond acceptors (Lipinski definition) is 6. The highest BCUT2D eigenvalue weighted by atomic mass is 16.5. The molecular formula is C15H19N3O3. The molecule has 112 valence electrons. The summed E-state index contributed by atoms with van der Waals surface area (Å²) in [6.07, 6.45) is 2.11. The third-order valence-corrected chi connectivity index (χ3v) is 3.86. The summed E-state index contributed by atoms with van der Waals surface area (Å²) in [6, 6.07) is 7.79. The fraction of sp³-hybridized carbons (Fsp3) is 0.467. The summed E-state index contributed by atoms with van der Waals surface area (Å²) in [7, 11) is 1.62. The topological polar surface area (TPSA) is 71.6 Å². The molecule has 1 N–H and O–H groups in total. The van der Waals surface area contributed by atoms with Gasteiger partial charge in [0.1, 0.15) is 5.75 Å². The minimum absolute atomic E-state index is 0.174. The number of hydrogen-bond donors (Lipinski definition) is 1. The van der Waals surface area contributed by atoms with E-state index < -0.39 is 0 Å². The molecule has 1 atom stereocenters. The number of ether oxygens (including phenoxy) is 1. The molecule has 0 aliphatic carbocycles. The smallest absolute Gasteiger partial charge is 0.241 e. The summed E-state index contributed by atoms with van der Waals surface area (Å²) in [5.41, 5.74) is 0.815. The van der Waals surface area contributed by atoms with E-state index >= 15 is 0 Å². The second-order valence-corrected chi connectivity index (χ2v) is 5.16. The maximum absolute atomic E-state index is 9.34. The van der Waals surface area contributed by atoms with Crippen LogP contribution in [0.4, 0.5) is 0 Å². The number of benzene rings is 1. The average molecular weight is 289 g/mol. The summed E-state index contributed by atoms with van der Waals surface area (Å²) >= 11 is 0. The van der Waals surface area contributed by atoms with Gasteiger partial charge in [-0.1, -0.05) is 17.3 Å². The number of para-hydroxylation sites is 1. The minimum Gasteiger partial charge on any atom is -0.496 e. The van der Waals surface area contributed by atoms with Crippen molar-refractivity contribution >= 4 is 0 Å². The molecule has 0 radical (unpaired) electrons. The molecule has 2 heterocycles. The lowest BCUT2D eigenvalue weighted by Crippen LogP contribution is -2.31. The van der Waals surface area contributed by atoms with Crippen molar-refractivity contribution in [1.29, 1.82) is 0 Å². The van der Waals surface area contributed by atoms with Gasteiger partial charge in [0.2, 0.25) is 11.7 Å². The van der Waals surface area contributed by atoms with Gasteiger partial charge in [0.05, 0.1) is 25.8 Å². The van der Waals surface area contributed by atoms with Gasteiger partial charge in [0.25, 0.3) is 0 Å². The Morgan fingerprint density at radius 3 is 3.10 bits per heavy atom. The minimum atomic E-state index is 0.174. The van der Waals surface area contributed by atoms with Crippen LogP contribution in [0.25, 0.3) is 11.4 Å². The molecule has 6 nitrogen and oxygen atoms in total. The summed E-state index contributed by atoms with van der Waals surface area (Å²) in [5.74, 6) is 1.82. The van der Waals surface area contributed by atoms with E-state index in [0.717, 1.165) is 30.7 Å². The second kappa shape index (κ2) is 6.24. The number of likely N-dealkylation sites (tertiary alicyclic amines) is 1. The Hall–Kier alpha value is -1.92. The largest absolute Gasteiger partial charge is 0.496 e. The molecule has 1 aromatic carbocycles. The first-order valence-corrected chi connectivity index (χ1v) is 7.12. The standard InChI is InChI=1S/C15H19N3O3/c1-20-13-7-3-2-6-12(13)15-16-14(21-17-15)9-18-8-4-5-11(18)10-19/h2-3,6-7,11,19H,4-5,8-10H2,1H3/t11-/m1/s1. The van der Waals surface area contributed by atoms with Crippen molar-refractivity contribution in [3.8, 4) is 17.1 Å². The zero-order valence-electron chi connectivity index (χ0n) is 12.0. The highest BCUT2D eigenvalue weighted by Crippen LogP contribution is 2.27. The zero-order valence-corrected chi connectivity index (χ0v) is 12.0. The van der Waals surface area contributed by atoms with E-state index in [1.807, 2.05) is 24.3 Å². The molecule has 0 bridgehead atoms. The van der Waals surface area contributed by atoms with Crippen LogP contribution in [0.5, 0.6) is 5.75 Å². The SMILES string of the molecule is COc1ccccc1-c1noc(CN2CCC[C@@H]2CO)n1. The Kier molecular flexibility index (Phi) is 4.17. The van der Waals surface area contributed by atoms with Crippen molar-refractivity contribution in [2.24, 2.45) is 0 Å². The fourth-order valence-corrected chi connectivity index (χ4v) is 2.74. The summed E-state index contributed by atoms with van der Waals surface area (Å²) < 4.78 is 10.6. The van der Waals surface area contributed by atoms with Gasteiger partial charge < -0.3 is 14.4 Å². The average Bonchev–Trinajstić information content (AvgIpc) is 3.16. The number of aliphatic hydroxyl groups is 1. The van der Waals surface area contributed by atoms with Crippen LogP contribution in [-0.2, 0) is 6.54 Å². The third-order valence-electron chi connectivity index (χ3n) is 3.86. The van der Waals surface area contributed by atoms with E-state index in [1.165, 1.54) is 0 Å². The molecule has 1 aromatic heterocycles. The van der Waals surface area contributed by atoms with Gasteiger partial charge >= 0.3 is 0 Å². The number of aromatic nitrogens is 2. The van der Waals surface area contributed by atoms with E-state index in [4.69, 9.17) is 9.26 Å². The lowest BCUT2D eigenvalue weighted by atomic mass is 10.2. The van der Waals surface area contributed by atoms with Gasteiger partial charge in [0.15, 0.2) is 0 Å². The Morgan fingerprint density at radius 1 is 1.43 bits per heavy atom. The first-order chi connectivity index (χ1) is 10.3. The predicted molar refractivity (Wildman–Crippen MR) is 76.8 cm³/mol. The second-order valence-electron chi connectivity index (χ2n) is 5.16. The summed E-state index contributed by atoms with van der Waals surface area (Å²) in [6.45, 7) is 1.71. The fourth-order valence-electron chi connectivity index (χ4n) is 2.74. The molecule has 0 unspecified atom stereocenters. The highest BCUT2D eigenvalue weighted by Gasteiger charge is 2.25. The number of methoxy groups -OCH3 is 1. The van der Waals surface area contributed by atoms with Gasteiger partial charge in [-0.2, -0.15) is 4.98 Å². The van der Waals surface area contributed by atoms with Crippen molar-refractivity contribution in [1.82, 2.24) is 15.0 Å². The monoisotopic (exact) mass is 289 g/mol. The lowest BCUT2D eigenvalue weighted by Gasteiger charge is -2.20. The van der Waals surface area contributed by atoms with E-state index in [9.17, 15) is 5.11 Å². The van der Waals surface area contributed by atoms with Crippen molar-refractivity contribution in [3.63, 3.8) is 0 Å². The van der Waals surface area contributed by atoms with Gasteiger partial charge in [0, 0.05) is 6.04 Å². The molecule has 1 aliphatic heterocycles. The van der Waals surface area contributed by atoms with E-state index in [-0.39, 0.29) is 12.6 Å². The highest BCUT2D eigenvalue weighted by molar-refractivity contribution is 5.63. The number of aliphatic hydroxyl groups excluding tert-OH is 1. The Labute approximate surface area is 123 Å². The van der Waals surface area contributed by atoms with E-state index in [0.29, 0.717) is 18.3 Å². The number of nitrogens with zero attached hydrogens (tertiary/aromatic N) is 3. The van der Waals surface area contributed by atoms with Crippen LogP contribution in [0.15, 0.2) is 28.8 Å². The van der Waals surface area contributed by atoms with Gasteiger partial charge in [-0.3, -0.25) is 4.90 Å². The molecule has 0 saturated carbocycles.